The van der Waals surface area contributed by atoms with E-state index < -0.39 is 34.5 Å². The first-order valence-electron chi connectivity index (χ1n) is 9.62. The van der Waals surface area contributed by atoms with Crippen molar-refractivity contribution < 1.29 is 22.7 Å². The molecule has 0 saturated heterocycles. The second-order valence-electron chi connectivity index (χ2n) is 7.62. The number of ether oxygens (including phenoxy) is 1. The molecule has 2 aromatic carbocycles. The van der Waals surface area contributed by atoms with Gasteiger partial charge in [0.1, 0.15) is 6.04 Å². The van der Waals surface area contributed by atoms with Crippen molar-refractivity contribution in [3.8, 4) is 0 Å². The van der Waals surface area contributed by atoms with Crippen LogP contribution in [0.2, 0.25) is 0 Å². The Kier molecular flexibility index (Phi) is 7.80. The summed E-state index contributed by atoms with van der Waals surface area (Å²) < 4.78 is 32.8. The van der Waals surface area contributed by atoms with Gasteiger partial charge in [0.15, 0.2) is 0 Å². The molecular formula is C21H29N3O5S. The molecule has 30 heavy (non-hydrogen) atoms. The normalized spacial score (nSPS) is 12.6. The average Bonchev–Trinajstić information content (AvgIpc) is 2.69. The van der Waals surface area contributed by atoms with Crippen LogP contribution in [0.4, 0.5) is 5.69 Å². The van der Waals surface area contributed by atoms with Crippen molar-refractivity contribution in [3.05, 3.63) is 36.4 Å². The van der Waals surface area contributed by atoms with Crippen LogP contribution in [0.25, 0.3) is 10.8 Å². The molecule has 2 rings (SSSR count). The van der Waals surface area contributed by atoms with E-state index in [1.165, 1.54) is 13.2 Å². The molecule has 0 fully saturated rings. The van der Waals surface area contributed by atoms with Crippen LogP contribution in [0.5, 0.6) is 0 Å². The maximum atomic E-state index is 12.9. The molecule has 0 radical (unpaired) electrons. The Hall–Kier alpha value is -2.65. The fourth-order valence-electron chi connectivity index (χ4n) is 3.20. The van der Waals surface area contributed by atoms with E-state index >= 15 is 0 Å². The highest BCUT2D eigenvalue weighted by molar-refractivity contribution is 7.89. The molecule has 0 aromatic heterocycles. The lowest BCUT2D eigenvalue weighted by Crippen LogP contribution is -2.46. The van der Waals surface area contributed by atoms with E-state index in [0.717, 1.165) is 11.1 Å². The number of methoxy groups -OCH3 is 1. The first-order valence-corrected chi connectivity index (χ1v) is 11.1. The van der Waals surface area contributed by atoms with Crippen LogP contribution < -0.4 is 14.9 Å². The SMILES string of the molecule is COC(=O)[C@@H](CC(C)C)NC(=O)CNS(=O)(=O)c1cccc2c(N(C)C)cccc12. The van der Waals surface area contributed by atoms with E-state index in [2.05, 4.69) is 10.0 Å². The van der Waals surface area contributed by atoms with Crippen molar-refractivity contribution in [3.63, 3.8) is 0 Å². The monoisotopic (exact) mass is 435 g/mol. The quantitative estimate of drug-likeness (QED) is 0.583. The number of carbonyl (C=O) groups is 2. The van der Waals surface area contributed by atoms with Crippen molar-refractivity contribution in [2.45, 2.75) is 31.2 Å². The summed E-state index contributed by atoms with van der Waals surface area (Å²) in [5, 5.41) is 3.89. The van der Waals surface area contributed by atoms with E-state index in [0.29, 0.717) is 11.8 Å². The second-order valence-corrected chi connectivity index (χ2v) is 9.36. The van der Waals surface area contributed by atoms with Crippen LogP contribution in [0.3, 0.4) is 0 Å². The molecule has 1 amide bonds. The molecule has 1 atom stereocenters. The Morgan fingerprint density at radius 1 is 1.07 bits per heavy atom. The lowest BCUT2D eigenvalue weighted by Gasteiger charge is -2.19. The number of nitrogens with zero attached hydrogens (tertiary/aromatic N) is 1. The van der Waals surface area contributed by atoms with Gasteiger partial charge in [-0.05, 0) is 24.5 Å². The summed E-state index contributed by atoms with van der Waals surface area (Å²) in [4.78, 5) is 26.1. The highest BCUT2D eigenvalue weighted by Crippen LogP contribution is 2.30. The third kappa shape index (κ3) is 5.70. The number of hydrogen-bond acceptors (Lipinski definition) is 6. The predicted molar refractivity (Wildman–Crippen MR) is 117 cm³/mol. The van der Waals surface area contributed by atoms with Gasteiger partial charge in [0.2, 0.25) is 15.9 Å². The van der Waals surface area contributed by atoms with Gasteiger partial charge in [-0.15, -0.1) is 0 Å². The Morgan fingerprint density at radius 2 is 1.70 bits per heavy atom. The van der Waals surface area contributed by atoms with E-state index in [-0.39, 0.29) is 10.8 Å². The van der Waals surface area contributed by atoms with Gasteiger partial charge in [0.25, 0.3) is 0 Å². The number of carbonyl (C=O) groups excluding carboxylic acids is 2. The second kappa shape index (κ2) is 9.90. The number of anilines is 1. The summed E-state index contributed by atoms with van der Waals surface area (Å²) in [5.41, 5.74) is 0.886. The van der Waals surface area contributed by atoms with Crippen molar-refractivity contribution in [1.29, 1.82) is 0 Å². The molecule has 0 heterocycles. The summed E-state index contributed by atoms with van der Waals surface area (Å²) >= 11 is 0. The van der Waals surface area contributed by atoms with Crippen LogP contribution >= 0.6 is 0 Å². The molecule has 2 aromatic rings. The number of sulfonamides is 1. The standard InChI is InChI=1S/C21H29N3O5S/c1-14(2)12-17(21(26)29-5)23-20(25)13-22-30(27,28)19-11-7-8-15-16(19)9-6-10-18(15)24(3)4/h6-11,14,17,22H,12-13H2,1-5H3,(H,23,25)/t17-/m1/s1. The molecule has 0 aliphatic rings. The van der Waals surface area contributed by atoms with E-state index in [1.807, 2.05) is 45.0 Å². The zero-order valence-corrected chi connectivity index (χ0v) is 18.7. The van der Waals surface area contributed by atoms with Crippen LogP contribution in [-0.2, 0) is 24.3 Å². The fraction of sp³-hybridized carbons (Fsp3) is 0.429. The zero-order chi connectivity index (χ0) is 22.5. The van der Waals surface area contributed by atoms with Crippen molar-refractivity contribution in [2.75, 3.05) is 32.6 Å². The van der Waals surface area contributed by atoms with Crippen molar-refractivity contribution in [1.82, 2.24) is 10.0 Å². The maximum absolute atomic E-state index is 12.9. The minimum atomic E-state index is -3.95. The lowest BCUT2D eigenvalue weighted by atomic mass is 10.0. The molecule has 0 aliphatic heterocycles. The minimum absolute atomic E-state index is 0.0863. The number of rotatable bonds is 9. The average molecular weight is 436 g/mol. The van der Waals surface area contributed by atoms with E-state index in [1.54, 1.807) is 18.2 Å². The van der Waals surface area contributed by atoms with Gasteiger partial charge in [-0.3, -0.25) is 4.79 Å². The van der Waals surface area contributed by atoms with Gasteiger partial charge in [-0.2, -0.15) is 0 Å². The van der Waals surface area contributed by atoms with Crippen LogP contribution in [0, 0.1) is 5.92 Å². The summed E-state index contributed by atoms with van der Waals surface area (Å²) in [7, 11) is 1.05. The van der Waals surface area contributed by atoms with Gasteiger partial charge >= 0.3 is 5.97 Å². The van der Waals surface area contributed by atoms with E-state index in [9.17, 15) is 18.0 Å². The Labute approximate surface area is 177 Å². The van der Waals surface area contributed by atoms with Crippen molar-refractivity contribution >= 4 is 38.4 Å². The molecule has 0 unspecified atom stereocenters. The minimum Gasteiger partial charge on any atom is -0.467 e. The molecule has 164 valence electrons. The largest absolute Gasteiger partial charge is 0.467 e. The highest BCUT2D eigenvalue weighted by atomic mass is 32.2. The number of esters is 1. The molecule has 0 bridgehead atoms. The summed E-state index contributed by atoms with van der Waals surface area (Å²) in [5.74, 6) is -1.03. The number of fused-ring (bicyclic) bond motifs is 1. The van der Waals surface area contributed by atoms with Gasteiger partial charge in [-0.1, -0.05) is 38.1 Å². The summed E-state index contributed by atoms with van der Waals surface area (Å²) in [6.45, 7) is 3.33. The van der Waals surface area contributed by atoms with Crippen LogP contribution in [0.15, 0.2) is 41.3 Å². The van der Waals surface area contributed by atoms with Gasteiger partial charge < -0.3 is 15.0 Å². The molecular weight excluding hydrogens is 406 g/mol. The van der Waals surface area contributed by atoms with Gasteiger partial charge in [0.05, 0.1) is 18.6 Å². The number of amides is 1. The lowest BCUT2D eigenvalue weighted by molar-refractivity contribution is -0.145. The zero-order valence-electron chi connectivity index (χ0n) is 17.9. The fourth-order valence-corrected chi connectivity index (χ4v) is 4.40. The third-order valence-corrected chi connectivity index (χ3v) is 6.04. The smallest absolute Gasteiger partial charge is 0.328 e. The molecule has 0 spiro atoms. The molecule has 0 aliphatic carbocycles. The number of benzene rings is 2. The third-order valence-electron chi connectivity index (χ3n) is 4.58. The predicted octanol–water partition coefficient (Wildman–Crippen LogP) is 1.89. The Balaban J connectivity index is 2.20. The van der Waals surface area contributed by atoms with Crippen LogP contribution in [0.1, 0.15) is 20.3 Å². The molecule has 9 heteroatoms. The summed E-state index contributed by atoms with van der Waals surface area (Å²) in [6.07, 6.45) is 0.391. The topological polar surface area (TPSA) is 105 Å². The Morgan fingerprint density at radius 3 is 2.30 bits per heavy atom. The highest BCUT2D eigenvalue weighted by Gasteiger charge is 2.24. The summed E-state index contributed by atoms with van der Waals surface area (Å²) in [6, 6.07) is 9.61. The molecule has 8 nitrogen and oxygen atoms in total. The van der Waals surface area contributed by atoms with Gasteiger partial charge in [0, 0.05) is 30.6 Å². The number of hydrogen-bond donors (Lipinski definition) is 2. The Bertz CT molecular complexity index is 1020. The first-order chi connectivity index (χ1) is 14.1. The van der Waals surface area contributed by atoms with E-state index in [4.69, 9.17) is 4.74 Å². The van der Waals surface area contributed by atoms with Gasteiger partial charge in [-0.25, -0.2) is 17.9 Å². The first kappa shape index (κ1) is 23.6. The molecule has 2 N–H and O–H groups in total. The number of nitrogens with one attached hydrogen (secondary N) is 2. The maximum Gasteiger partial charge on any atom is 0.328 e. The molecule has 0 saturated carbocycles. The van der Waals surface area contributed by atoms with Crippen LogP contribution in [-0.4, -0.2) is 54.1 Å². The van der Waals surface area contributed by atoms with Crippen molar-refractivity contribution in [2.24, 2.45) is 5.92 Å².